The average Bonchev–Trinajstić information content (AvgIpc) is 3.03. The normalized spacial score (nSPS) is 13.0. The van der Waals surface area contributed by atoms with Crippen molar-refractivity contribution in [3.05, 3.63) is 64.8 Å². The maximum atomic E-state index is 11.2. The Morgan fingerprint density at radius 1 is 1.17 bits per heavy atom. The zero-order valence-electron chi connectivity index (χ0n) is 13.5. The maximum absolute atomic E-state index is 11.2. The van der Waals surface area contributed by atoms with E-state index < -0.39 is 5.97 Å². The van der Waals surface area contributed by atoms with Crippen LogP contribution in [0.4, 0.5) is 11.4 Å². The first-order valence-electron chi connectivity index (χ1n) is 8.14. The van der Waals surface area contributed by atoms with Crippen LogP contribution in [0.25, 0.3) is 10.9 Å². The molecule has 1 heterocycles. The number of aryl methyl sites for hydroxylation is 2. The summed E-state index contributed by atoms with van der Waals surface area (Å²) in [4.78, 5) is 16.0. The molecule has 3 aromatic rings. The van der Waals surface area contributed by atoms with Crippen molar-refractivity contribution >= 4 is 28.2 Å². The van der Waals surface area contributed by atoms with E-state index in [1.807, 2.05) is 6.07 Å². The van der Waals surface area contributed by atoms with Crippen molar-refractivity contribution in [2.45, 2.75) is 26.2 Å². The molecule has 1 aliphatic rings. The number of carboxylic acid groups (broad SMARTS) is 1. The van der Waals surface area contributed by atoms with E-state index in [-0.39, 0.29) is 5.56 Å². The largest absolute Gasteiger partial charge is 0.478 e. The van der Waals surface area contributed by atoms with Crippen molar-refractivity contribution in [1.82, 2.24) is 4.98 Å². The SMILES string of the molecule is Cc1ccc2nc3c(c(Nc4cccc(C(=O)O)c4)c2c1)CCC3. The summed E-state index contributed by atoms with van der Waals surface area (Å²) < 4.78 is 0. The minimum Gasteiger partial charge on any atom is -0.478 e. The van der Waals surface area contributed by atoms with Gasteiger partial charge in [-0.05, 0) is 62.1 Å². The number of aromatic nitrogens is 1. The van der Waals surface area contributed by atoms with Gasteiger partial charge in [0.15, 0.2) is 0 Å². The maximum Gasteiger partial charge on any atom is 0.335 e. The van der Waals surface area contributed by atoms with Gasteiger partial charge in [-0.15, -0.1) is 0 Å². The zero-order chi connectivity index (χ0) is 16.7. The molecule has 0 aliphatic heterocycles. The van der Waals surface area contributed by atoms with E-state index in [0.717, 1.165) is 47.2 Å². The zero-order valence-corrected chi connectivity index (χ0v) is 13.5. The summed E-state index contributed by atoms with van der Waals surface area (Å²) in [6, 6.07) is 13.2. The number of carboxylic acids is 1. The molecule has 2 aromatic carbocycles. The Bertz CT molecular complexity index is 963. The summed E-state index contributed by atoms with van der Waals surface area (Å²) in [7, 11) is 0. The minimum absolute atomic E-state index is 0.284. The van der Waals surface area contributed by atoms with Gasteiger partial charge < -0.3 is 10.4 Å². The summed E-state index contributed by atoms with van der Waals surface area (Å²) in [6.07, 6.45) is 3.12. The standard InChI is InChI=1S/C20H18N2O2/c1-12-8-9-18-16(10-12)19(15-6-3-7-17(15)22-18)21-14-5-2-4-13(11-14)20(23)24/h2,4-5,8-11H,3,6-7H2,1H3,(H,21,22)(H,23,24). The third-order valence-corrected chi connectivity index (χ3v) is 4.55. The Hall–Kier alpha value is -2.88. The fourth-order valence-electron chi connectivity index (χ4n) is 3.39. The first-order chi connectivity index (χ1) is 11.6. The Morgan fingerprint density at radius 3 is 2.88 bits per heavy atom. The van der Waals surface area contributed by atoms with Gasteiger partial charge in [-0.25, -0.2) is 4.79 Å². The van der Waals surface area contributed by atoms with Crippen LogP contribution in [-0.4, -0.2) is 16.1 Å². The van der Waals surface area contributed by atoms with E-state index in [0.29, 0.717) is 0 Å². The lowest BCUT2D eigenvalue weighted by atomic mass is 10.0. The molecule has 0 bridgehead atoms. The van der Waals surface area contributed by atoms with Crippen LogP contribution in [0.5, 0.6) is 0 Å². The quantitative estimate of drug-likeness (QED) is 0.748. The van der Waals surface area contributed by atoms with Gasteiger partial charge in [0.25, 0.3) is 0 Å². The van der Waals surface area contributed by atoms with Crippen LogP contribution in [0.2, 0.25) is 0 Å². The highest BCUT2D eigenvalue weighted by Gasteiger charge is 2.20. The highest BCUT2D eigenvalue weighted by Crippen LogP contribution is 2.36. The first kappa shape index (κ1) is 14.7. The lowest BCUT2D eigenvalue weighted by molar-refractivity contribution is 0.0697. The highest BCUT2D eigenvalue weighted by molar-refractivity contribution is 5.96. The van der Waals surface area contributed by atoms with Crippen LogP contribution in [-0.2, 0) is 12.8 Å². The predicted octanol–water partition coefficient (Wildman–Crippen LogP) is 4.47. The number of nitrogens with one attached hydrogen (secondary N) is 1. The molecule has 0 unspecified atom stereocenters. The van der Waals surface area contributed by atoms with Gasteiger partial charge in [0.2, 0.25) is 0 Å². The molecule has 0 spiro atoms. The van der Waals surface area contributed by atoms with Crippen molar-refractivity contribution in [3.63, 3.8) is 0 Å². The van der Waals surface area contributed by atoms with E-state index in [4.69, 9.17) is 4.98 Å². The molecular formula is C20H18N2O2. The van der Waals surface area contributed by atoms with E-state index in [1.165, 1.54) is 11.1 Å². The van der Waals surface area contributed by atoms with E-state index in [2.05, 4.69) is 30.4 Å². The number of hydrogen-bond acceptors (Lipinski definition) is 3. The molecule has 0 atom stereocenters. The molecule has 0 saturated heterocycles. The second-order valence-corrected chi connectivity index (χ2v) is 6.30. The molecule has 24 heavy (non-hydrogen) atoms. The Kier molecular flexibility index (Phi) is 3.45. The molecule has 0 amide bonds. The Morgan fingerprint density at radius 2 is 2.04 bits per heavy atom. The van der Waals surface area contributed by atoms with Crippen LogP contribution < -0.4 is 5.32 Å². The molecule has 2 N–H and O–H groups in total. The van der Waals surface area contributed by atoms with Gasteiger partial charge in [-0.3, -0.25) is 4.98 Å². The smallest absolute Gasteiger partial charge is 0.335 e. The second kappa shape index (κ2) is 5.64. The lowest BCUT2D eigenvalue weighted by Gasteiger charge is -2.15. The lowest BCUT2D eigenvalue weighted by Crippen LogP contribution is -2.02. The van der Waals surface area contributed by atoms with Crippen LogP contribution in [0.3, 0.4) is 0 Å². The van der Waals surface area contributed by atoms with Gasteiger partial charge in [0.1, 0.15) is 0 Å². The summed E-state index contributed by atoms with van der Waals surface area (Å²) in [5, 5.41) is 13.8. The van der Waals surface area contributed by atoms with Crippen molar-refractivity contribution in [2.75, 3.05) is 5.32 Å². The second-order valence-electron chi connectivity index (χ2n) is 6.30. The molecule has 0 saturated carbocycles. The summed E-state index contributed by atoms with van der Waals surface area (Å²) in [5.41, 5.74) is 6.72. The summed E-state index contributed by atoms with van der Waals surface area (Å²) >= 11 is 0. The number of fused-ring (bicyclic) bond motifs is 2. The van der Waals surface area contributed by atoms with Crippen LogP contribution in [0.1, 0.15) is 33.6 Å². The molecule has 0 fully saturated rings. The van der Waals surface area contributed by atoms with Crippen molar-refractivity contribution < 1.29 is 9.90 Å². The number of hydrogen-bond donors (Lipinski definition) is 2. The van der Waals surface area contributed by atoms with Crippen molar-refractivity contribution in [2.24, 2.45) is 0 Å². The van der Waals surface area contributed by atoms with E-state index in [9.17, 15) is 9.90 Å². The highest BCUT2D eigenvalue weighted by atomic mass is 16.4. The van der Waals surface area contributed by atoms with Crippen molar-refractivity contribution in [1.29, 1.82) is 0 Å². The third-order valence-electron chi connectivity index (χ3n) is 4.55. The monoisotopic (exact) mass is 318 g/mol. The molecule has 120 valence electrons. The molecular weight excluding hydrogens is 300 g/mol. The number of anilines is 2. The summed E-state index contributed by atoms with van der Waals surface area (Å²) in [6.45, 7) is 2.07. The summed E-state index contributed by atoms with van der Waals surface area (Å²) in [5.74, 6) is -0.917. The fraction of sp³-hybridized carbons (Fsp3) is 0.200. The van der Waals surface area contributed by atoms with Gasteiger partial charge >= 0.3 is 5.97 Å². The predicted molar refractivity (Wildman–Crippen MR) is 95.2 cm³/mol. The number of rotatable bonds is 3. The van der Waals surface area contributed by atoms with Crippen molar-refractivity contribution in [3.8, 4) is 0 Å². The third kappa shape index (κ3) is 2.50. The number of carbonyl (C=O) groups is 1. The Labute approximate surface area is 140 Å². The van der Waals surface area contributed by atoms with Gasteiger partial charge in [-0.2, -0.15) is 0 Å². The van der Waals surface area contributed by atoms with Gasteiger partial charge in [0.05, 0.1) is 16.8 Å². The van der Waals surface area contributed by atoms with Crippen LogP contribution in [0.15, 0.2) is 42.5 Å². The molecule has 1 aliphatic carbocycles. The van der Waals surface area contributed by atoms with E-state index in [1.54, 1.807) is 18.2 Å². The molecule has 1 aromatic heterocycles. The van der Waals surface area contributed by atoms with Crippen LogP contribution >= 0.6 is 0 Å². The molecule has 4 heteroatoms. The molecule has 4 rings (SSSR count). The number of nitrogens with zero attached hydrogens (tertiary/aromatic N) is 1. The molecule has 0 radical (unpaired) electrons. The first-order valence-corrected chi connectivity index (χ1v) is 8.14. The Balaban J connectivity index is 1.88. The topological polar surface area (TPSA) is 62.2 Å². The molecule has 4 nitrogen and oxygen atoms in total. The average molecular weight is 318 g/mol. The number of aromatic carboxylic acids is 1. The van der Waals surface area contributed by atoms with Gasteiger partial charge in [-0.1, -0.05) is 17.7 Å². The minimum atomic E-state index is -0.917. The number of benzene rings is 2. The fourth-order valence-corrected chi connectivity index (χ4v) is 3.39. The van der Waals surface area contributed by atoms with E-state index >= 15 is 0 Å². The van der Waals surface area contributed by atoms with Gasteiger partial charge in [0, 0.05) is 16.8 Å². The van der Waals surface area contributed by atoms with Crippen LogP contribution in [0, 0.1) is 6.92 Å². The number of pyridine rings is 1.